The van der Waals surface area contributed by atoms with Crippen LogP contribution in [0.25, 0.3) is 0 Å². The van der Waals surface area contributed by atoms with Gasteiger partial charge >= 0.3 is 0 Å². The maximum absolute atomic E-state index is 12.1. The third-order valence-electron chi connectivity index (χ3n) is 2.97. The number of halogens is 1. The molecule has 1 aromatic rings. The third kappa shape index (κ3) is 4.06. The fraction of sp³-hybridized carbons (Fsp3) is 0.615. The molecule has 0 saturated heterocycles. The Kier molecular flexibility index (Phi) is 6.70. The number of likely N-dealkylation sites (N-methyl/N-ethyl adjacent to an activating group) is 2. The highest BCUT2D eigenvalue weighted by Crippen LogP contribution is 2.28. The second-order valence-corrected chi connectivity index (χ2v) is 5.11. The minimum Gasteiger partial charge on any atom is -0.369 e. The molecular weight excluding hydrogens is 322 g/mol. The van der Waals surface area contributed by atoms with Gasteiger partial charge in [-0.25, -0.2) is 9.97 Å². The molecule has 6 nitrogen and oxygen atoms in total. The molecule has 0 aliphatic heterocycles. The summed E-state index contributed by atoms with van der Waals surface area (Å²) in [5.41, 5.74) is 0. The minimum atomic E-state index is 0.0908. The molecule has 1 amide bonds. The Morgan fingerprint density at radius 1 is 1.30 bits per heavy atom. The number of nitrogens with one attached hydrogen (secondary N) is 1. The fourth-order valence-electron chi connectivity index (χ4n) is 1.87. The number of anilines is 2. The van der Waals surface area contributed by atoms with Crippen LogP contribution < -0.4 is 10.2 Å². The maximum atomic E-state index is 12.1. The molecular formula is C13H22BrN5O. The summed E-state index contributed by atoms with van der Waals surface area (Å²) in [4.78, 5) is 24.2. The summed E-state index contributed by atoms with van der Waals surface area (Å²) in [6.45, 7) is 8.46. The summed E-state index contributed by atoms with van der Waals surface area (Å²) in [7, 11) is 1.85. The van der Waals surface area contributed by atoms with E-state index in [1.54, 1.807) is 4.90 Å². The van der Waals surface area contributed by atoms with E-state index in [-0.39, 0.29) is 5.91 Å². The van der Waals surface area contributed by atoms with E-state index in [1.165, 1.54) is 6.33 Å². The highest BCUT2D eigenvalue weighted by Gasteiger charge is 2.17. The van der Waals surface area contributed by atoms with Gasteiger partial charge in [-0.2, -0.15) is 0 Å². The Labute approximate surface area is 128 Å². The van der Waals surface area contributed by atoms with Gasteiger partial charge in [0.25, 0.3) is 0 Å². The van der Waals surface area contributed by atoms with Gasteiger partial charge in [-0.3, -0.25) is 4.79 Å². The molecule has 7 heteroatoms. The normalized spacial score (nSPS) is 10.2. The van der Waals surface area contributed by atoms with Crippen molar-refractivity contribution in [2.75, 3.05) is 43.4 Å². The van der Waals surface area contributed by atoms with Crippen molar-refractivity contribution >= 4 is 33.5 Å². The van der Waals surface area contributed by atoms with E-state index in [1.807, 2.05) is 32.7 Å². The second-order valence-electron chi connectivity index (χ2n) is 4.31. The molecule has 0 atom stereocenters. The lowest BCUT2D eigenvalue weighted by atomic mass is 10.4. The first kappa shape index (κ1) is 16.7. The van der Waals surface area contributed by atoms with Gasteiger partial charge in [0, 0.05) is 26.7 Å². The van der Waals surface area contributed by atoms with Crippen LogP contribution >= 0.6 is 15.9 Å². The lowest BCUT2D eigenvalue weighted by molar-refractivity contribution is -0.129. The molecule has 0 bridgehead atoms. The van der Waals surface area contributed by atoms with Crippen molar-refractivity contribution in [2.45, 2.75) is 20.8 Å². The van der Waals surface area contributed by atoms with Crippen LogP contribution in [0.3, 0.4) is 0 Å². The molecule has 0 fully saturated rings. The fourth-order valence-corrected chi connectivity index (χ4v) is 2.52. The Balaban J connectivity index is 2.84. The highest BCUT2D eigenvalue weighted by molar-refractivity contribution is 9.10. The lowest BCUT2D eigenvalue weighted by Gasteiger charge is -2.24. The summed E-state index contributed by atoms with van der Waals surface area (Å²) in [5.74, 6) is 1.53. The Morgan fingerprint density at radius 3 is 2.50 bits per heavy atom. The third-order valence-corrected chi connectivity index (χ3v) is 3.70. The van der Waals surface area contributed by atoms with Crippen LogP contribution in [-0.2, 0) is 4.79 Å². The SMILES string of the molecule is CCNc1ncnc(N(C)CC(=O)N(CC)CC)c1Br. The van der Waals surface area contributed by atoms with E-state index < -0.39 is 0 Å². The number of rotatable bonds is 7. The van der Waals surface area contributed by atoms with E-state index in [0.717, 1.165) is 29.9 Å². The smallest absolute Gasteiger partial charge is 0.242 e. The zero-order valence-electron chi connectivity index (χ0n) is 12.5. The zero-order valence-corrected chi connectivity index (χ0v) is 14.1. The predicted molar refractivity (Wildman–Crippen MR) is 85.1 cm³/mol. The molecule has 0 aliphatic carbocycles. The molecule has 1 heterocycles. The number of hydrogen-bond donors (Lipinski definition) is 1. The van der Waals surface area contributed by atoms with Gasteiger partial charge in [0.05, 0.1) is 6.54 Å². The van der Waals surface area contributed by atoms with Crippen LogP contribution in [0.1, 0.15) is 20.8 Å². The molecule has 0 radical (unpaired) electrons. The standard InChI is InChI=1S/C13H22BrN5O/c1-5-15-12-11(14)13(17-9-16-12)18(4)8-10(20)19(6-2)7-3/h9H,5-8H2,1-4H3,(H,15,16,17). The molecule has 0 saturated carbocycles. The second kappa shape index (κ2) is 8.04. The molecule has 0 spiro atoms. The number of carbonyl (C=O) groups is 1. The number of aromatic nitrogens is 2. The summed E-state index contributed by atoms with van der Waals surface area (Å²) in [6, 6.07) is 0. The van der Waals surface area contributed by atoms with Crippen molar-refractivity contribution in [2.24, 2.45) is 0 Å². The largest absolute Gasteiger partial charge is 0.369 e. The maximum Gasteiger partial charge on any atom is 0.242 e. The number of carbonyl (C=O) groups excluding carboxylic acids is 1. The lowest BCUT2D eigenvalue weighted by Crippen LogP contribution is -2.39. The number of amides is 1. The van der Waals surface area contributed by atoms with Gasteiger partial charge < -0.3 is 15.1 Å². The Bertz CT molecular complexity index is 450. The van der Waals surface area contributed by atoms with Crippen molar-refractivity contribution in [1.29, 1.82) is 0 Å². The van der Waals surface area contributed by atoms with Crippen LogP contribution in [0.4, 0.5) is 11.6 Å². The van der Waals surface area contributed by atoms with Gasteiger partial charge in [0.1, 0.15) is 22.4 Å². The van der Waals surface area contributed by atoms with E-state index in [2.05, 4.69) is 31.2 Å². The van der Waals surface area contributed by atoms with Crippen molar-refractivity contribution in [3.05, 3.63) is 10.8 Å². The van der Waals surface area contributed by atoms with Crippen molar-refractivity contribution in [3.8, 4) is 0 Å². The van der Waals surface area contributed by atoms with E-state index in [4.69, 9.17) is 0 Å². The summed E-state index contributed by atoms with van der Waals surface area (Å²) >= 11 is 3.49. The first-order valence-electron chi connectivity index (χ1n) is 6.78. The molecule has 0 aliphatic rings. The van der Waals surface area contributed by atoms with Crippen LogP contribution in [0.2, 0.25) is 0 Å². The van der Waals surface area contributed by atoms with Crippen molar-refractivity contribution < 1.29 is 4.79 Å². The highest BCUT2D eigenvalue weighted by atomic mass is 79.9. The van der Waals surface area contributed by atoms with E-state index in [9.17, 15) is 4.79 Å². The average Bonchev–Trinajstić information content (AvgIpc) is 2.42. The predicted octanol–water partition coefficient (Wildman–Crippen LogP) is 1.98. The molecule has 20 heavy (non-hydrogen) atoms. The average molecular weight is 344 g/mol. The summed E-state index contributed by atoms with van der Waals surface area (Å²) < 4.78 is 0.775. The molecule has 1 rings (SSSR count). The monoisotopic (exact) mass is 343 g/mol. The Hall–Kier alpha value is -1.37. The van der Waals surface area contributed by atoms with Gasteiger partial charge in [0.15, 0.2) is 0 Å². The number of nitrogens with zero attached hydrogens (tertiary/aromatic N) is 4. The summed E-state index contributed by atoms with van der Waals surface area (Å²) in [6.07, 6.45) is 1.50. The molecule has 0 aromatic carbocycles. The van der Waals surface area contributed by atoms with Gasteiger partial charge in [-0.05, 0) is 36.7 Å². The topological polar surface area (TPSA) is 61.4 Å². The minimum absolute atomic E-state index is 0.0908. The summed E-state index contributed by atoms with van der Waals surface area (Å²) in [5, 5.41) is 3.15. The molecule has 0 unspecified atom stereocenters. The first-order valence-corrected chi connectivity index (χ1v) is 7.57. The molecule has 1 aromatic heterocycles. The Morgan fingerprint density at radius 2 is 1.95 bits per heavy atom. The molecule has 112 valence electrons. The van der Waals surface area contributed by atoms with E-state index >= 15 is 0 Å². The van der Waals surface area contributed by atoms with Crippen LogP contribution in [0.5, 0.6) is 0 Å². The van der Waals surface area contributed by atoms with Crippen LogP contribution in [0.15, 0.2) is 10.8 Å². The van der Waals surface area contributed by atoms with Gasteiger partial charge in [-0.15, -0.1) is 0 Å². The van der Waals surface area contributed by atoms with Gasteiger partial charge in [0.2, 0.25) is 5.91 Å². The zero-order chi connectivity index (χ0) is 15.1. The van der Waals surface area contributed by atoms with Crippen LogP contribution in [-0.4, -0.2) is 54.0 Å². The van der Waals surface area contributed by atoms with E-state index in [0.29, 0.717) is 12.4 Å². The van der Waals surface area contributed by atoms with Crippen molar-refractivity contribution in [3.63, 3.8) is 0 Å². The van der Waals surface area contributed by atoms with Gasteiger partial charge in [-0.1, -0.05) is 0 Å². The van der Waals surface area contributed by atoms with Crippen molar-refractivity contribution in [1.82, 2.24) is 14.9 Å². The molecule has 1 N–H and O–H groups in total. The van der Waals surface area contributed by atoms with Crippen LogP contribution in [0, 0.1) is 0 Å². The first-order chi connectivity index (χ1) is 9.54. The quantitative estimate of drug-likeness (QED) is 0.820. The number of hydrogen-bond acceptors (Lipinski definition) is 5.